The van der Waals surface area contributed by atoms with Crippen LogP contribution in [0.4, 0.5) is 0 Å². The molecule has 0 saturated heterocycles. The van der Waals surface area contributed by atoms with E-state index in [1.165, 1.54) is 0 Å². The van der Waals surface area contributed by atoms with Crippen LogP contribution in [0.3, 0.4) is 0 Å². The molecule has 0 aliphatic rings. The zero-order chi connectivity index (χ0) is 8.97. The topological polar surface area (TPSA) is 63.4 Å². The van der Waals surface area contributed by atoms with Crippen molar-refractivity contribution in [3.8, 4) is 0 Å². The van der Waals surface area contributed by atoms with Crippen molar-refractivity contribution in [1.29, 1.82) is 0 Å². The molecule has 1 aromatic carbocycles. The maximum atomic E-state index is 10.0. The van der Waals surface area contributed by atoms with Crippen LogP contribution in [0.5, 0.6) is 0 Å². The van der Waals surface area contributed by atoms with Gasteiger partial charge in [0.25, 0.3) is 0 Å². The van der Waals surface area contributed by atoms with E-state index in [1.54, 1.807) is 30.3 Å². The summed E-state index contributed by atoms with van der Waals surface area (Å²) in [5.74, 6) is 0. The van der Waals surface area contributed by atoms with E-state index < -0.39 is 17.6 Å². The molecule has 0 saturated carbocycles. The molecule has 4 heteroatoms. The van der Waals surface area contributed by atoms with Gasteiger partial charge in [0.2, 0.25) is 6.54 Å². The summed E-state index contributed by atoms with van der Waals surface area (Å²) in [6, 6.07) is 8.59. The molecule has 1 aromatic rings. The second-order valence-corrected chi connectivity index (χ2v) is 2.44. The Labute approximate surface area is 69.6 Å². The Hall–Kier alpha value is -1.42. The zero-order valence-electron chi connectivity index (χ0n) is 6.38. The number of hydrogen-bond acceptors (Lipinski definition) is 3. The van der Waals surface area contributed by atoms with E-state index in [0.717, 1.165) is 0 Å². The summed E-state index contributed by atoms with van der Waals surface area (Å²) in [7, 11) is 0. The summed E-state index contributed by atoms with van der Waals surface area (Å²) in [6.45, 7) is -0.440. The summed E-state index contributed by atoms with van der Waals surface area (Å²) in [5, 5.41) is 19.3. The van der Waals surface area contributed by atoms with Crippen molar-refractivity contribution >= 4 is 0 Å². The Kier molecular flexibility index (Phi) is 2.76. The van der Waals surface area contributed by atoms with Crippen molar-refractivity contribution in [2.45, 2.75) is 6.10 Å². The Morgan fingerprint density at radius 1 is 1.42 bits per heavy atom. The van der Waals surface area contributed by atoms with Crippen LogP contribution in [0, 0.1) is 10.1 Å². The minimum Gasteiger partial charge on any atom is -0.382 e. The average Bonchev–Trinajstić information content (AvgIpc) is 2.05. The summed E-state index contributed by atoms with van der Waals surface area (Å²) in [4.78, 5) is 9.50. The highest BCUT2D eigenvalue weighted by Crippen LogP contribution is 2.11. The first-order valence-electron chi connectivity index (χ1n) is 3.55. The number of benzene rings is 1. The van der Waals surface area contributed by atoms with Gasteiger partial charge in [-0.05, 0) is 5.56 Å². The fraction of sp³-hybridized carbons (Fsp3) is 0.250. The van der Waals surface area contributed by atoms with Crippen molar-refractivity contribution in [1.82, 2.24) is 0 Å². The molecule has 0 fully saturated rings. The molecule has 0 amide bonds. The third-order valence-corrected chi connectivity index (χ3v) is 1.51. The van der Waals surface area contributed by atoms with Crippen molar-refractivity contribution in [2.24, 2.45) is 0 Å². The van der Waals surface area contributed by atoms with Crippen LogP contribution in [0.1, 0.15) is 11.7 Å². The van der Waals surface area contributed by atoms with Crippen LogP contribution >= 0.6 is 0 Å². The third-order valence-electron chi connectivity index (χ3n) is 1.51. The second kappa shape index (κ2) is 3.82. The molecule has 0 aromatic heterocycles. The van der Waals surface area contributed by atoms with E-state index in [-0.39, 0.29) is 0 Å². The lowest BCUT2D eigenvalue weighted by Gasteiger charge is -2.04. The van der Waals surface area contributed by atoms with Gasteiger partial charge in [0.05, 0.1) is 0 Å². The SMILES string of the molecule is O=[N+]([O-])C[C@H](O)c1ccccc1. The first-order valence-corrected chi connectivity index (χ1v) is 3.55. The van der Waals surface area contributed by atoms with Crippen LogP contribution in [0.15, 0.2) is 30.3 Å². The fourth-order valence-electron chi connectivity index (χ4n) is 0.922. The molecular weight excluding hydrogens is 158 g/mol. The van der Waals surface area contributed by atoms with Crippen LogP contribution in [0.2, 0.25) is 0 Å². The van der Waals surface area contributed by atoms with Crippen molar-refractivity contribution in [3.05, 3.63) is 46.0 Å². The molecule has 0 radical (unpaired) electrons. The Morgan fingerprint density at radius 3 is 2.50 bits per heavy atom. The van der Waals surface area contributed by atoms with Gasteiger partial charge in [0.1, 0.15) is 6.10 Å². The highest BCUT2D eigenvalue weighted by Gasteiger charge is 2.12. The first-order chi connectivity index (χ1) is 5.70. The monoisotopic (exact) mass is 167 g/mol. The highest BCUT2D eigenvalue weighted by atomic mass is 16.6. The molecule has 0 unspecified atom stereocenters. The Bertz CT molecular complexity index is 260. The highest BCUT2D eigenvalue weighted by molar-refractivity contribution is 5.17. The van der Waals surface area contributed by atoms with Gasteiger partial charge in [0, 0.05) is 4.92 Å². The van der Waals surface area contributed by atoms with E-state index in [0.29, 0.717) is 5.56 Å². The first kappa shape index (κ1) is 8.67. The number of rotatable bonds is 3. The third kappa shape index (κ3) is 2.32. The lowest BCUT2D eigenvalue weighted by molar-refractivity contribution is -0.491. The van der Waals surface area contributed by atoms with Gasteiger partial charge in [-0.1, -0.05) is 30.3 Å². The number of nitrogens with zero attached hydrogens (tertiary/aromatic N) is 1. The smallest absolute Gasteiger partial charge is 0.233 e. The number of hydrogen-bond donors (Lipinski definition) is 1. The number of aliphatic hydroxyl groups excluding tert-OH is 1. The lowest BCUT2D eigenvalue weighted by Crippen LogP contribution is -2.11. The van der Waals surface area contributed by atoms with Crippen molar-refractivity contribution in [3.63, 3.8) is 0 Å². The summed E-state index contributed by atoms with van der Waals surface area (Å²) < 4.78 is 0. The van der Waals surface area contributed by atoms with Gasteiger partial charge in [-0.2, -0.15) is 0 Å². The summed E-state index contributed by atoms with van der Waals surface area (Å²) in [6.07, 6.45) is -0.999. The normalized spacial score (nSPS) is 12.4. The van der Waals surface area contributed by atoms with Crippen LogP contribution < -0.4 is 0 Å². The van der Waals surface area contributed by atoms with Crippen molar-refractivity contribution < 1.29 is 10.0 Å². The minimum atomic E-state index is -0.999. The second-order valence-electron chi connectivity index (χ2n) is 2.44. The van der Waals surface area contributed by atoms with Gasteiger partial charge < -0.3 is 5.11 Å². The molecule has 0 heterocycles. The predicted molar refractivity (Wildman–Crippen MR) is 43.3 cm³/mol. The molecular formula is C8H9NO3. The molecule has 1 atom stereocenters. The quantitative estimate of drug-likeness (QED) is 0.539. The van der Waals surface area contributed by atoms with E-state index in [2.05, 4.69) is 0 Å². The molecule has 1 rings (SSSR count). The molecule has 0 spiro atoms. The average molecular weight is 167 g/mol. The van der Waals surface area contributed by atoms with Gasteiger partial charge >= 0.3 is 0 Å². The standard InChI is InChI=1S/C8H9NO3/c10-8(6-9(11)12)7-4-2-1-3-5-7/h1-5,8,10H,6H2/t8-/m0/s1. The van der Waals surface area contributed by atoms with Gasteiger partial charge in [-0.15, -0.1) is 0 Å². The van der Waals surface area contributed by atoms with Gasteiger partial charge in [-0.3, -0.25) is 10.1 Å². The summed E-state index contributed by atoms with van der Waals surface area (Å²) in [5.41, 5.74) is 0.578. The molecule has 1 N–H and O–H groups in total. The maximum Gasteiger partial charge on any atom is 0.233 e. The minimum absolute atomic E-state index is 0.440. The number of aliphatic hydroxyl groups is 1. The van der Waals surface area contributed by atoms with E-state index in [9.17, 15) is 15.2 Å². The predicted octanol–water partition coefficient (Wildman–Crippen LogP) is 0.997. The van der Waals surface area contributed by atoms with Gasteiger partial charge in [-0.25, -0.2) is 0 Å². The van der Waals surface area contributed by atoms with Crippen molar-refractivity contribution in [2.75, 3.05) is 6.54 Å². The molecule has 0 aliphatic heterocycles. The van der Waals surface area contributed by atoms with E-state index >= 15 is 0 Å². The fourth-order valence-corrected chi connectivity index (χ4v) is 0.922. The molecule has 4 nitrogen and oxygen atoms in total. The van der Waals surface area contributed by atoms with E-state index in [4.69, 9.17) is 0 Å². The Morgan fingerprint density at radius 2 is 2.00 bits per heavy atom. The van der Waals surface area contributed by atoms with E-state index in [1.807, 2.05) is 0 Å². The maximum absolute atomic E-state index is 10.0. The molecule has 0 aliphatic carbocycles. The molecule has 12 heavy (non-hydrogen) atoms. The van der Waals surface area contributed by atoms with Crippen LogP contribution in [0.25, 0.3) is 0 Å². The number of nitro groups is 1. The molecule has 64 valence electrons. The van der Waals surface area contributed by atoms with Gasteiger partial charge in [0.15, 0.2) is 0 Å². The van der Waals surface area contributed by atoms with Crippen LogP contribution in [-0.4, -0.2) is 16.6 Å². The molecule has 0 bridgehead atoms. The Balaban J connectivity index is 2.65. The summed E-state index contributed by atoms with van der Waals surface area (Å²) >= 11 is 0. The largest absolute Gasteiger partial charge is 0.382 e. The zero-order valence-corrected chi connectivity index (χ0v) is 6.38. The lowest BCUT2D eigenvalue weighted by atomic mass is 10.1. The van der Waals surface area contributed by atoms with Crippen LogP contribution in [-0.2, 0) is 0 Å².